The Morgan fingerprint density at radius 1 is 1.50 bits per heavy atom. The first-order chi connectivity index (χ1) is 8.64. The Kier molecular flexibility index (Phi) is 4.40. The Bertz CT molecular complexity index is 381. The maximum absolute atomic E-state index is 5.90. The van der Waals surface area contributed by atoms with E-state index in [4.69, 9.17) is 4.74 Å². The van der Waals surface area contributed by atoms with Crippen LogP contribution >= 0.6 is 15.9 Å². The van der Waals surface area contributed by atoms with Gasteiger partial charge in [-0.2, -0.15) is 0 Å². The highest BCUT2D eigenvalue weighted by molar-refractivity contribution is 9.10. The third-order valence-electron chi connectivity index (χ3n) is 3.89. The lowest BCUT2D eigenvalue weighted by Gasteiger charge is -2.36. The van der Waals surface area contributed by atoms with Gasteiger partial charge in [0.25, 0.3) is 0 Å². The van der Waals surface area contributed by atoms with Crippen LogP contribution in [0.15, 0.2) is 4.60 Å². The minimum atomic E-state index is -0.131. The molecule has 0 spiro atoms. The first kappa shape index (κ1) is 14.0. The van der Waals surface area contributed by atoms with Gasteiger partial charge in [-0.25, -0.2) is 4.68 Å². The van der Waals surface area contributed by atoms with Crippen molar-refractivity contribution in [2.24, 2.45) is 7.05 Å². The van der Waals surface area contributed by atoms with Gasteiger partial charge in [0.1, 0.15) is 0 Å². The molecule has 1 heterocycles. The van der Waals surface area contributed by atoms with Crippen molar-refractivity contribution in [2.75, 3.05) is 13.7 Å². The summed E-state index contributed by atoms with van der Waals surface area (Å²) < 4.78 is 8.53. The van der Waals surface area contributed by atoms with E-state index in [1.807, 2.05) is 18.8 Å². The average Bonchev–Trinajstić information content (AvgIpc) is 2.96. The third-order valence-corrected chi connectivity index (χ3v) is 4.46. The summed E-state index contributed by atoms with van der Waals surface area (Å²) in [6.45, 7) is 3.01. The molecule has 0 aromatic carbocycles. The van der Waals surface area contributed by atoms with Gasteiger partial charge >= 0.3 is 0 Å². The molecule has 0 amide bonds. The molecule has 5 nitrogen and oxygen atoms in total. The van der Waals surface area contributed by atoms with Gasteiger partial charge in [0.2, 0.25) is 0 Å². The lowest BCUT2D eigenvalue weighted by molar-refractivity contribution is -0.0386. The van der Waals surface area contributed by atoms with Crippen LogP contribution in [0.5, 0.6) is 0 Å². The monoisotopic (exact) mass is 316 g/mol. The van der Waals surface area contributed by atoms with Crippen molar-refractivity contribution in [3.63, 3.8) is 0 Å². The maximum atomic E-state index is 5.90. The molecule has 18 heavy (non-hydrogen) atoms. The molecule has 0 saturated heterocycles. The first-order valence-corrected chi connectivity index (χ1v) is 7.27. The van der Waals surface area contributed by atoms with Crippen molar-refractivity contribution < 1.29 is 4.74 Å². The van der Waals surface area contributed by atoms with Gasteiger partial charge in [0.15, 0.2) is 4.60 Å². The molecule has 1 saturated carbocycles. The summed E-state index contributed by atoms with van der Waals surface area (Å²) in [4.78, 5) is 0. The number of ether oxygens (including phenoxy) is 1. The van der Waals surface area contributed by atoms with Gasteiger partial charge in [-0.1, -0.05) is 25.0 Å². The molecule has 102 valence electrons. The van der Waals surface area contributed by atoms with Crippen molar-refractivity contribution >= 4 is 15.9 Å². The second kappa shape index (κ2) is 5.67. The zero-order chi connectivity index (χ0) is 13.2. The van der Waals surface area contributed by atoms with E-state index < -0.39 is 0 Å². The van der Waals surface area contributed by atoms with E-state index in [1.54, 1.807) is 0 Å². The number of aromatic nitrogens is 3. The predicted octanol–water partition coefficient (Wildman–Crippen LogP) is 2.19. The van der Waals surface area contributed by atoms with Gasteiger partial charge in [0.05, 0.1) is 17.3 Å². The fraction of sp³-hybridized carbons (Fsp3) is 0.833. The van der Waals surface area contributed by atoms with E-state index in [1.165, 1.54) is 12.8 Å². The van der Waals surface area contributed by atoms with Crippen LogP contribution in [0.2, 0.25) is 0 Å². The number of nitrogens with zero attached hydrogens (tertiary/aromatic N) is 3. The summed E-state index contributed by atoms with van der Waals surface area (Å²) in [5, 5.41) is 11.7. The molecule has 1 atom stereocenters. The lowest BCUT2D eigenvalue weighted by atomic mass is 9.89. The van der Waals surface area contributed by atoms with Crippen LogP contribution < -0.4 is 5.32 Å². The molecule has 0 bridgehead atoms. The SMILES string of the molecule is CCNC(c1c(Br)nnn1C)C1(OC)CCCC1. The van der Waals surface area contributed by atoms with Gasteiger partial charge in [-0.3, -0.25) is 0 Å². The number of hydrogen-bond donors (Lipinski definition) is 1. The maximum Gasteiger partial charge on any atom is 0.153 e. The summed E-state index contributed by atoms with van der Waals surface area (Å²) >= 11 is 3.50. The zero-order valence-corrected chi connectivity index (χ0v) is 12.8. The summed E-state index contributed by atoms with van der Waals surface area (Å²) in [5.74, 6) is 0. The van der Waals surface area contributed by atoms with Crippen molar-refractivity contribution in [1.29, 1.82) is 0 Å². The summed E-state index contributed by atoms with van der Waals surface area (Å²) in [6, 6.07) is 0.129. The molecule has 1 unspecified atom stereocenters. The van der Waals surface area contributed by atoms with E-state index in [0.717, 1.165) is 29.7 Å². The topological polar surface area (TPSA) is 52.0 Å². The van der Waals surface area contributed by atoms with Gasteiger partial charge in [0, 0.05) is 14.2 Å². The third kappa shape index (κ3) is 2.33. The van der Waals surface area contributed by atoms with Crippen LogP contribution in [-0.4, -0.2) is 34.2 Å². The highest BCUT2D eigenvalue weighted by Crippen LogP contribution is 2.43. The normalized spacial score (nSPS) is 20.2. The van der Waals surface area contributed by atoms with E-state index in [0.29, 0.717) is 0 Å². The molecule has 1 aromatic heterocycles. The predicted molar refractivity (Wildman–Crippen MR) is 73.3 cm³/mol. The lowest BCUT2D eigenvalue weighted by Crippen LogP contribution is -2.44. The van der Waals surface area contributed by atoms with Crippen LogP contribution in [0.1, 0.15) is 44.3 Å². The Balaban J connectivity index is 2.39. The quantitative estimate of drug-likeness (QED) is 0.904. The van der Waals surface area contributed by atoms with Crippen molar-refractivity contribution in [1.82, 2.24) is 20.3 Å². The first-order valence-electron chi connectivity index (χ1n) is 6.48. The highest BCUT2D eigenvalue weighted by Gasteiger charge is 2.44. The second-order valence-electron chi connectivity index (χ2n) is 4.86. The van der Waals surface area contributed by atoms with E-state index >= 15 is 0 Å². The number of nitrogens with one attached hydrogen (secondary N) is 1. The summed E-state index contributed by atoms with van der Waals surface area (Å²) in [7, 11) is 3.74. The molecular formula is C12H21BrN4O. The number of halogens is 1. The Morgan fingerprint density at radius 2 is 2.17 bits per heavy atom. The molecule has 2 rings (SSSR count). The smallest absolute Gasteiger partial charge is 0.153 e. The number of methoxy groups -OCH3 is 1. The van der Waals surface area contributed by atoms with E-state index in [9.17, 15) is 0 Å². The Hall–Kier alpha value is -0.460. The van der Waals surface area contributed by atoms with Crippen LogP contribution in [-0.2, 0) is 11.8 Å². The Labute approximate surface area is 116 Å². The molecule has 6 heteroatoms. The fourth-order valence-electron chi connectivity index (χ4n) is 2.97. The van der Waals surface area contributed by atoms with E-state index in [2.05, 4.69) is 38.5 Å². The second-order valence-corrected chi connectivity index (χ2v) is 5.61. The number of rotatable bonds is 5. The zero-order valence-electron chi connectivity index (χ0n) is 11.2. The van der Waals surface area contributed by atoms with Gasteiger partial charge < -0.3 is 10.1 Å². The van der Waals surface area contributed by atoms with Crippen LogP contribution in [0.4, 0.5) is 0 Å². The standard InChI is InChI=1S/C12H21BrN4O/c1-4-14-10(9-11(13)15-16-17(9)2)12(18-3)7-5-6-8-12/h10,14H,4-8H2,1-3H3. The van der Waals surface area contributed by atoms with E-state index in [-0.39, 0.29) is 11.6 Å². The molecule has 1 aliphatic rings. The molecule has 1 aliphatic carbocycles. The molecule has 0 radical (unpaired) electrons. The fourth-order valence-corrected chi connectivity index (χ4v) is 3.52. The molecular weight excluding hydrogens is 296 g/mol. The minimum absolute atomic E-state index is 0.129. The number of aryl methyl sites for hydroxylation is 1. The molecule has 1 N–H and O–H groups in total. The minimum Gasteiger partial charge on any atom is -0.376 e. The summed E-state index contributed by atoms with van der Waals surface area (Å²) in [5.41, 5.74) is 0.939. The molecule has 1 aromatic rings. The number of likely N-dealkylation sites (N-methyl/N-ethyl adjacent to an activating group) is 1. The highest BCUT2D eigenvalue weighted by atomic mass is 79.9. The molecule has 1 fully saturated rings. The van der Waals surface area contributed by atoms with Crippen LogP contribution in [0, 0.1) is 0 Å². The van der Waals surface area contributed by atoms with Crippen LogP contribution in [0.25, 0.3) is 0 Å². The largest absolute Gasteiger partial charge is 0.376 e. The van der Waals surface area contributed by atoms with Gasteiger partial charge in [-0.15, -0.1) is 5.10 Å². The van der Waals surface area contributed by atoms with Crippen molar-refractivity contribution in [2.45, 2.75) is 44.2 Å². The molecule has 0 aliphatic heterocycles. The van der Waals surface area contributed by atoms with Crippen molar-refractivity contribution in [3.8, 4) is 0 Å². The number of hydrogen-bond acceptors (Lipinski definition) is 4. The Morgan fingerprint density at radius 3 is 2.61 bits per heavy atom. The van der Waals surface area contributed by atoms with Crippen molar-refractivity contribution in [3.05, 3.63) is 10.3 Å². The van der Waals surface area contributed by atoms with Gasteiger partial charge in [-0.05, 0) is 35.3 Å². The average molecular weight is 317 g/mol. The summed E-state index contributed by atoms with van der Waals surface area (Å²) in [6.07, 6.45) is 4.61. The van der Waals surface area contributed by atoms with Crippen LogP contribution in [0.3, 0.4) is 0 Å².